The van der Waals surface area contributed by atoms with Gasteiger partial charge in [0.1, 0.15) is 17.3 Å². The van der Waals surface area contributed by atoms with Crippen LogP contribution < -0.4 is 0 Å². The van der Waals surface area contributed by atoms with Crippen LogP contribution in [0.2, 0.25) is 0 Å². The summed E-state index contributed by atoms with van der Waals surface area (Å²) in [6.07, 6.45) is 1.76. The Kier molecular flexibility index (Phi) is 3.86. The molecule has 0 aliphatic heterocycles. The van der Waals surface area contributed by atoms with Crippen LogP contribution in [-0.4, -0.2) is 36.9 Å². The summed E-state index contributed by atoms with van der Waals surface area (Å²) < 4.78 is 39.0. The van der Waals surface area contributed by atoms with E-state index in [1.54, 1.807) is 0 Å². The first-order valence-corrected chi connectivity index (χ1v) is 7.31. The van der Waals surface area contributed by atoms with E-state index in [0.29, 0.717) is 0 Å². The molecule has 19 heavy (non-hydrogen) atoms. The van der Waals surface area contributed by atoms with Crippen molar-refractivity contribution in [3.8, 4) is 0 Å². The van der Waals surface area contributed by atoms with Gasteiger partial charge in [0.2, 0.25) is 10.0 Å². The van der Waals surface area contributed by atoms with Gasteiger partial charge in [-0.15, -0.1) is 0 Å². The Hall–Kier alpha value is -1.47. The number of halogens is 1. The van der Waals surface area contributed by atoms with Crippen LogP contribution in [0.15, 0.2) is 29.2 Å². The van der Waals surface area contributed by atoms with Crippen LogP contribution in [0, 0.1) is 11.7 Å². The van der Waals surface area contributed by atoms with Gasteiger partial charge in [-0.2, -0.15) is 4.31 Å². The van der Waals surface area contributed by atoms with Gasteiger partial charge in [0.25, 0.3) is 0 Å². The zero-order chi connectivity index (χ0) is 14.0. The highest BCUT2D eigenvalue weighted by atomic mass is 32.2. The molecule has 2 rings (SSSR count). The molecular formula is C12H14FNO4S. The van der Waals surface area contributed by atoms with Crippen molar-refractivity contribution in [2.24, 2.45) is 5.92 Å². The summed E-state index contributed by atoms with van der Waals surface area (Å²) in [6, 6.07) is 4.98. The van der Waals surface area contributed by atoms with E-state index in [0.717, 1.165) is 29.3 Å². The fourth-order valence-electron chi connectivity index (χ4n) is 1.78. The predicted molar refractivity (Wildman–Crippen MR) is 65.5 cm³/mol. The normalized spacial score (nSPS) is 15.7. The molecule has 1 aromatic carbocycles. The van der Waals surface area contributed by atoms with Crippen LogP contribution in [0.3, 0.4) is 0 Å². The van der Waals surface area contributed by atoms with Gasteiger partial charge in [-0.05, 0) is 30.9 Å². The molecule has 1 aromatic rings. The molecule has 0 atom stereocenters. The number of benzene rings is 1. The second-order valence-electron chi connectivity index (χ2n) is 4.57. The lowest BCUT2D eigenvalue weighted by Crippen LogP contribution is -2.37. The largest absolute Gasteiger partial charge is 0.480 e. The number of sulfonamides is 1. The molecule has 1 fully saturated rings. The summed E-state index contributed by atoms with van der Waals surface area (Å²) >= 11 is 0. The highest BCUT2D eigenvalue weighted by Crippen LogP contribution is 2.31. The van der Waals surface area contributed by atoms with Gasteiger partial charge in [0, 0.05) is 6.54 Å². The van der Waals surface area contributed by atoms with E-state index in [9.17, 15) is 17.6 Å². The lowest BCUT2D eigenvalue weighted by Gasteiger charge is -2.20. The molecular weight excluding hydrogens is 273 g/mol. The zero-order valence-electron chi connectivity index (χ0n) is 10.1. The Morgan fingerprint density at radius 1 is 1.37 bits per heavy atom. The van der Waals surface area contributed by atoms with E-state index in [1.165, 1.54) is 12.1 Å². The molecule has 0 radical (unpaired) electrons. The second-order valence-corrected chi connectivity index (χ2v) is 6.47. The van der Waals surface area contributed by atoms with Crippen molar-refractivity contribution >= 4 is 16.0 Å². The summed E-state index contributed by atoms with van der Waals surface area (Å²) in [5.74, 6) is -1.94. The number of hydrogen-bond acceptors (Lipinski definition) is 3. The van der Waals surface area contributed by atoms with Crippen LogP contribution in [0.5, 0.6) is 0 Å². The summed E-state index contributed by atoms with van der Waals surface area (Å²) in [6.45, 7) is -0.518. The minimum atomic E-state index is -4.10. The van der Waals surface area contributed by atoms with Gasteiger partial charge < -0.3 is 5.11 Å². The Balaban J connectivity index is 2.32. The van der Waals surface area contributed by atoms with E-state index >= 15 is 0 Å². The smallest absolute Gasteiger partial charge is 0.318 e. The van der Waals surface area contributed by atoms with Crippen LogP contribution in [0.1, 0.15) is 12.8 Å². The highest BCUT2D eigenvalue weighted by molar-refractivity contribution is 7.89. The molecule has 0 bridgehead atoms. The first-order valence-electron chi connectivity index (χ1n) is 5.87. The van der Waals surface area contributed by atoms with Crippen molar-refractivity contribution in [3.63, 3.8) is 0 Å². The third-order valence-electron chi connectivity index (χ3n) is 2.92. The molecule has 0 unspecified atom stereocenters. The minimum absolute atomic E-state index is 0.128. The van der Waals surface area contributed by atoms with Crippen molar-refractivity contribution in [3.05, 3.63) is 30.1 Å². The maximum Gasteiger partial charge on any atom is 0.318 e. The summed E-state index contributed by atoms with van der Waals surface area (Å²) in [5, 5.41) is 8.80. The number of rotatable bonds is 6. The van der Waals surface area contributed by atoms with Gasteiger partial charge in [-0.25, -0.2) is 12.8 Å². The lowest BCUT2D eigenvalue weighted by molar-refractivity contribution is -0.137. The number of nitrogens with zero attached hydrogens (tertiary/aromatic N) is 1. The standard InChI is InChI=1S/C12H14FNO4S/c13-10-3-1-2-4-11(10)19(17,18)14(8-12(15)16)7-9-5-6-9/h1-4,9H,5-8H2,(H,15,16). The molecule has 1 N–H and O–H groups in total. The van der Waals surface area contributed by atoms with Gasteiger partial charge >= 0.3 is 5.97 Å². The first kappa shape index (κ1) is 14.0. The number of carboxylic acids is 1. The average Bonchev–Trinajstić information content (AvgIpc) is 3.12. The van der Waals surface area contributed by atoms with Crippen molar-refractivity contribution in [2.75, 3.05) is 13.1 Å². The van der Waals surface area contributed by atoms with Gasteiger partial charge in [-0.3, -0.25) is 4.79 Å². The minimum Gasteiger partial charge on any atom is -0.480 e. The summed E-state index contributed by atoms with van der Waals surface area (Å²) in [4.78, 5) is 10.3. The Labute approximate surface area is 110 Å². The Morgan fingerprint density at radius 2 is 2.00 bits per heavy atom. The van der Waals surface area contributed by atoms with Crippen molar-refractivity contribution < 1.29 is 22.7 Å². The summed E-state index contributed by atoms with van der Waals surface area (Å²) in [5.41, 5.74) is 0. The molecule has 1 saturated carbocycles. The van der Waals surface area contributed by atoms with Crippen LogP contribution >= 0.6 is 0 Å². The topological polar surface area (TPSA) is 74.7 Å². The number of carbonyl (C=O) groups is 1. The maximum atomic E-state index is 13.6. The molecule has 1 aliphatic rings. The van der Waals surface area contributed by atoms with Crippen LogP contribution in [-0.2, 0) is 14.8 Å². The van der Waals surface area contributed by atoms with E-state index in [2.05, 4.69) is 0 Å². The fourth-order valence-corrected chi connectivity index (χ4v) is 3.31. The molecule has 0 aromatic heterocycles. The molecule has 5 nitrogen and oxygen atoms in total. The fraction of sp³-hybridized carbons (Fsp3) is 0.417. The Morgan fingerprint density at radius 3 is 2.53 bits per heavy atom. The second kappa shape index (κ2) is 5.26. The van der Waals surface area contributed by atoms with Crippen molar-refractivity contribution in [1.29, 1.82) is 0 Å². The molecule has 0 heterocycles. The molecule has 7 heteroatoms. The molecule has 0 saturated heterocycles. The predicted octanol–water partition coefficient (Wildman–Crippen LogP) is 1.31. The third kappa shape index (κ3) is 3.30. The lowest BCUT2D eigenvalue weighted by atomic mass is 10.3. The van der Waals surface area contributed by atoms with E-state index in [4.69, 9.17) is 5.11 Å². The molecule has 1 aliphatic carbocycles. The van der Waals surface area contributed by atoms with Crippen molar-refractivity contribution in [1.82, 2.24) is 4.31 Å². The quantitative estimate of drug-likeness (QED) is 0.856. The molecule has 0 amide bonds. The average molecular weight is 287 g/mol. The Bertz CT molecular complexity index is 583. The zero-order valence-corrected chi connectivity index (χ0v) is 10.9. The first-order chi connectivity index (χ1) is 8.91. The maximum absolute atomic E-state index is 13.6. The SMILES string of the molecule is O=C(O)CN(CC1CC1)S(=O)(=O)c1ccccc1F. The number of carboxylic acid groups (broad SMARTS) is 1. The van der Waals surface area contributed by atoms with Gasteiger partial charge in [-0.1, -0.05) is 12.1 Å². The highest BCUT2D eigenvalue weighted by Gasteiger charge is 2.34. The van der Waals surface area contributed by atoms with Crippen molar-refractivity contribution in [2.45, 2.75) is 17.7 Å². The summed E-state index contributed by atoms with van der Waals surface area (Å²) in [7, 11) is -4.10. The van der Waals surface area contributed by atoms with E-state index in [1.807, 2.05) is 0 Å². The third-order valence-corrected chi connectivity index (χ3v) is 4.77. The van der Waals surface area contributed by atoms with Gasteiger partial charge in [0.15, 0.2) is 0 Å². The van der Waals surface area contributed by atoms with Crippen LogP contribution in [0.4, 0.5) is 4.39 Å². The number of hydrogen-bond donors (Lipinski definition) is 1. The van der Waals surface area contributed by atoms with E-state index < -0.39 is 33.3 Å². The van der Waals surface area contributed by atoms with Crippen LogP contribution in [0.25, 0.3) is 0 Å². The van der Waals surface area contributed by atoms with E-state index in [-0.39, 0.29) is 12.5 Å². The van der Waals surface area contributed by atoms with Gasteiger partial charge in [0.05, 0.1) is 0 Å². The monoisotopic (exact) mass is 287 g/mol. The number of aliphatic carboxylic acids is 1. The molecule has 104 valence electrons. The molecule has 0 spiro atoms.